The second-order valence-electron chi connectivity index (χ2n) is 7.83. The smallest absolute Gasteiger partial charge is 0.338 e. The molecule has 174 valence electrons. The van der Waals surface area contributed by atoms with E-state index in [-0.39, 0.29) is 24.7 Å². The Morgan fingerprint density at radius 1 is 0.970 bits per heavy atom. The number of rotatable bonds is 10. The zero-order valence-corrected chi connectivity index (χ0v) is 19.2. The van der Waals surface area contributed by atoms with Crippen LogP contribution in [0.2, 0.25) is 5.02 Å². The molecule has 3 rings (SSSR count). The minimum Gasteiger partial charge on any atom is -0.462 e. The van der Waals surface area contributed by atoms with Crippen molar-refractivity contribution in [3.63, 3.8) is 0 Å². The standard InChI is InChI=1S/C25H26ClNO6/c1-2-3-4-13-32-24(30)18-7-11-21(12-8-18)27-15-19(14-23(27)29)25(31)33-16-22(28)17-5-9-20(26)10-6-17/h5-12,19H,2-4,13-16H2,1H3/t19-/m1/s1. The number of benzene rings is 2. The van der Waals surface area contributed by atoms with E-state index >= 15 is 0 Å². The van der Waals surface area contributed by atoms with Gasteiger partial charge in [-0.2, -0.15) is 0 Å². The van der Waals surface area contributed by atoms with E-state index < -0.39 is 24.5 Å². The summed E-state index contributed by atoms with van der Waals surface area (Å²) in [5, 5.41) is 0.505. The van der Waals surface area contributed by atoms with Gasteiger partial charge in [0.2, 0.25) is 5.91 Å². The number of anilines is 1. The molecule has 1 atom stereocenters. The Kier molecular flexibility index (Phi) is 8.60. The summed E-state index contributed by atoms with van der Waals surface area (Å²) < 4.78 is 10.4. The van der Waals surface area contributed by atoms with E-state index in [1.165, 1.54) is 4.90 Å². The lowest BCUT2D eigenvalue weighted by Gasteiger charge is -2.17. The van der Waals surface area contributed by atoms with E-state index in [9.17, 15) is 19.2 Å². The average Bonchev–Trinajstić information content (AvgIpc) is 3.22. The van der Waals surface area contributed by atoms with Gasteiger partial charge in [0, 0.05) is 29.2 Å². The Balaban J connectivity index is 1.51. The molecule has 2 aromatic carbocycles. The van der Waals surface area contributed by atoms with Crippen LogP contribution < -0.4 is 4.90 Å². The van der Waals surface area contributed by atoms with Gasteiger partial charge in [-0.15, -0.1) is 0 Å². The van der Waals surface area contributed by atoms with Crippen LogP contribution in [0.15, 0.2) is 48.5 Å². The second-order valence-corrected chi connectivity index (χ2v) is 8.27. The molecular formula is C25H26ClNO6. The molecule has 8 heteroatoms. The van der Waals surface area contributed by atoms with Gasteiger partial charge in [0.25, 0.3) is 0 Å². The van der Waals surface area contributed by atoms with Crippen molar-refractivity contribution in [2.45, 2.75) is 32.6 Å². The zero-order valence-electron chi connectivity index (χ0n) is 18.4. The van der Waals surface area contributed by atoms with Crippen LogP contribution in [-0.2, 0) is 19.1 Å². The number of ketones is 1. The lowest BCUT2D eigenvalue weighted by molar-refractivity contribution is -0.147. The number of hydrogen-bond acceptors (Lipinski definition) is 6. The van der Waals surface area contributed by atoms with E-state index in [4.69, 9.17) is 21.1 Å². The van der Waals surface area contributed by atoms with Crippen molar-refractivity contribution in [2.24, 2.45) is 5.92 Å². The molecule has 1 aliphatic heterocycles. The van der Waals surface area contributed by atoms with Crippen LogP contribution in [0.4, 0.5) is 5.69 Å². The predicted octanol–water partition coefficient (Wildman–Crippen LogP) is 4.47. The predicted molar refractivity (Wildman–Crippen MR) is 123 cm³/mol. The second kappa shape index (κ2) is 11.6. The first-order valence-electron chi connectivity index (χ1n) is 10.9. The van der Waals surface area contributed by atoms with Crippen LogP contribution in [0, 0.1) is 5.92 Å². The van der Waals surface area contributed by atoms with Gasteiger partial charge in [0.1, 0.15) is 0 Å². The maximum Gasteiger partial charge on any atom is 0.338 e. The van der Waals surface area contributed by atoms with E-state index in [1.54, 1.807) is 48.5 Å². The Morgan fingerprint density at radius 3 is 2.30 bits per heavy atom. The van der Waals surface area contributed by atoms with Crippen LogP contribution in [0.1, 0.15) is 53.3 Å². The number of esters is 2. The van der Waals surface area contributed by atoms with Crippen LogP contribution in [0.5, 0.6) is 0 Å². The Morgan fingerprint density at radius 2 is 1.64 bits per heavy atom. The van der Waals surface area contributed by atoms with E-state index in [0.29, 0.717) is 28.4 Å². The number of amides is 1. The summed E-state index contributed by atoms with van der Waals surface area (Å²) in [7, 11) is 0. The fourth-order valence-corrected chi connectivity index (χ4v) is 3.59. The average molecular weight is 472 g/mol. The monoisotopic (exact) mass is 471 g/mol. The molecule has 1 fully saturated rings. The first-order valence-corrected chi connectivity index (χ1v) is 11.3. The third-order valence-electron chi connectivity index (χ3n) is 5.37. The molecule has 0 aliphatic carbocycles. The van der Waals surface area contributed by atoms with Gasteiger partial charge < -0.3 is 14.4 Å². The molecule has 33 heavy (non-hydrogen) atoms. The minimum atomic E-state index is -0.668. The molecule has 1 saturated heterocycles. The maximum absolute atomic E-state index is 12.4. The summed E-state index contributed by atoms with van der Waals surface area (Å²) in [5.74, 6) is -2.24. The molecule has 7 nitrogen and oxygen atoms in total. The van der Waals surface area contributed by atoms with Crippen molar-refractivity contribution in [2.75, 3.05) is 24.7 Å². The normalized spacial score (nSPS) is 15.4. The summed E-state index contributed by atoms with van der Waals surface area (Å²) in [5.41, 5.74) is 1.37. The molecule has 0 bridgehead atoms. The van der Waals surface area contributed by atoms with Gasteiger partial charge in [0.15, 0.2) is 12.4 Å². The molecular weight excluding hydrogens is 446 g/mol. The third kappa shape index (κ3) is 6.65. The summed E-state index contributed by atoms with van der Waals surface area (Å²) in [6, 6.07) is 12.8. The number of Topliss-reactive ketones (excluding diaryl/α,β-unsaturated/α-hetero) is 1. The lowest BCUT2D eigenvalue weighted by atomic mass is 10.1. The van der Waals surface area contributed by atoms with Gasteiger partial charge in [-0.3, -0.25) is 14.4 Å². The number of halogens is 1. The van der Waals surface area contributed by atoms with Crippen molar-refractivity contribution in [3.8, 4) is 0 Å². The maximum atomic E-state index is 12.4. The molecule has 0 N–H and O–H groups in total. The van der Waals surface area contributed by atoms with Crippen molar-refractivity contribution in [3.05, 3.63) is 64.7 Å². The van der Waals surface area contributed by atoms with Crippen LogP contribution in [0.3, 0.4) is 0 Å². The molecule has 0 radical (unpaired) electrons. The number of ether oxygens (including phenoxy) is 2. The molecule has 0 aromatic heterocycles. The molecule has 0 unspecified atom stereocenters. The molecule has 1 amide bonds. The van der Waals surface area contributed by atoms with Crippen LogP contribution >= 0.6 is 11.6 Å². The van der Waals surface area contributed by atoms with Gasteiger partial charge in [0.05, 0.1) is 18.1 Å². The quantitative estimate of drug-likeness (QED) is 0.288. The summed E-state index contributed by atoms with van der Waals surface area (Å²) in [6.45, 7) is 2.20. The number of nitrogens with zero attached hydrogens (tertiary/aromatic N) is 1. The summed E-state index contributed by atoms with van der Waals surface area (Å²) >= 11 is 5.81. The molecule has 0 saturated carbocycles. The Hall–Kier alpha value is -3.19. The van der Waals surface area contributed by atoms with Crippen molar-refractivity contribution >= 4 is 40.9 Å². The van der Waals surface area contributed by atoms with Crippen molar-refractivity contribution in [1.82, 2.24) is 0 Å². The highest BCUT2D eigenvalue weighted by molar-refractivity contribution is 6.30. The number of carbonyl (C=O) groups excluding carboxylic acids is 4. The first-order chi connectivity index (χ1) is 15.9. The van der Waals surface area contributed by atoms with Gasteiger partial charge >= 0.3 is 11.9 Å². The van der Waals surface area contributed by atoms with Gasteiger partial charge in [-0.25, -0.2) is 4.79 Å². The highest BCUT2D eigenvalue weighted by Crippen LogP contribution is 2.26. The fourth-order valence-electron chi connectivity index (χ4n) is 3.47. The fraction of sp³-hybridized carbons (Fsp3) is 0.360. The molecule has 1 aliphatic rings. The first kappa shape index (κ1) is 24.5. The van der Waals surface area contributed by atoms with E-state index in [2.05, 4.69) is 6.92 Å². The van der Waals surface area contributed by atoms with Crippen molar-refractivity contribution < 1.29 is 28.7 Å². The lowest BCUT2D eigenvalue weighted by Crippen LogP contribution is -2.27. The highest BCUT2D eigenvalue weighted by Gasteiger charge is 2.36. The van der Waals surface area contributed by atoms with Crippen LogP contribution in [-0.4, -0.2) is 43.4 Å². The molecule has 2 aromatic rings. The Bertz CT molecular complexity index is 1000. The minimum absolute atomic E-state index is 0.00477. The summed E-state index contributed by atoms with van der Waals surface area (Å²) in [4.78, 5) is 50.6. The molecule has 1 heterocycles. The third-order valence-corrected chi connectivity index (χ3v) is 5.62. The Labute approximate surface area is 197 Å². The van der Waals surface area contributed by atoms with Crippen molar-refractivity contribution in [1.29, 1.82) is 0 Å². The number of carbonyl (C=O) groups is 4. The van der Waals surface area contributed by atoms with E-state index in [0.717, 1.165) is 19.3 Å². The topological polar surface area (TPSA) is 90.0 Å². The number of unbranched alkanes of at least 4 members (excludes halogenated alkanes) is 2. The van der Waals surface area contributed by atoms with E-state index in [1.807, 2.05) is 0 Å². The van der Waals surface area contributed by atoms with Crippen LogP contribution in [0.25, 0.3) is 0 Å². The number of hydrogen-bond donors (Lipinski definition) is 0. The highest BCUT2D eigenvalue weighted by atomic mass is 35.5. The van der Waals surface area contributed by atoms with Gasteiger partial charge in [-0.05, 0) is 55.0 Å². The van der Waals surface area contributed by atoms with Gasteiger partial charge in [-0.1, -0.05) is 31.4 Å². The zero-order chi connectivity index (χ0) is 23.8. The SMILES string of the molecule is CCCCCOC(=O)c1ccc(N2C[C@H](C(=O)OCC(=O)c3ccc(Cl)cc3)CC2=O)cc1. The summed E-state index contributed by atoms with van der Waals surface area (Å²) in [6.07, 6.45) is 2.87. The molecule has 0 spiro atoms. The largest absolute Gasteiger partial charge is 0.462 e.